The van der Waals surface area contributed by atoms with Gasteiger partial charge in [-0.2, -0.15) is 0 Å². The third-order valence-corrected chi connectivity index (χ3v) is 4.77. The van der Waals surface area contributed by atoms with Crippen molar-refractivity contribution in [2.45, 2.75) is 26.8 Å². The average molecular weight is 446 g/mol. The molecule has 0 atom stereocenters. The molecule has 176 valence electrons. The fraction of sp³-hybridized carbons (Fsp3) is 0.458. The van der Waals surface area contributed by atoms with E-state index >= 15 is 0 Å². The van der Waals surface area contributed by atoms with Crippen LogP contribution in [0.15, 0.2) is 35.3 Å². The van der Waals surface area contributed by atoms with Gasteiger partial charge in [-0.05, 0) is 44.0 Å². The van der Waals surface area contributed by atoms with Crippen molar-refractivity contribution in [2.24, 2.45) is 4.99 Å². The van der Waals surface area contributed by atoms with E-state index in [-0.39, 0.29) is 0 Å². The van der Waals surface area contributed by atoms with E-state index in [9.17, 15) is 0 Å². The number of ether oxygens (including phenoxy) is 5. The van der Waals surface area contributed by atoms with Gasteiger partial charge in [0.05, 0.1) is 34.5 Å². The molecule has 32 heavy (non-hydrogen) atoms. The van der Waals surface area contributed by atoms with E-state index in [1.54, 1.807) is 28.4 Å². The summed E-state index contributed by atoms with van der Waals surface area (Å²) in [6.45, 7) is 6.35. The number of methoxy groups -OCH3 is 3. The average Bonchev–Trinajstić information content (AvgIpc) is 2.82. The molecule has 8 heteroatoms. The standard InChI is InChI=1S/C24H35N3O5/c1-7-31-19-10-9-17(13-23(19)32-8-2)11-12-26-24(25-3)27-16-18-14-21(29-5)22(30-6)15-20(18)28-4/h9-10,13-15H,7-8,11-12,16H2,1-6H3,(H2,25,26,27). The quantitative estimate of drug-likeness (QED) is 0.383. The smallest absolute Gasteiger partial charge is 0.191 e. The first-order valence-electron chi connectivity index (χ1n) is 10.7. The van der Waals surface area contributed by atoms with Gasteiger partial charge in [0, 0.05) is 31.8 Å². The molecule has 0 amide bonds. The maximum Gasteiger partial charge on any atom is 0.191 e. The first-order chi connectivity index (χ1) is 15.6. The Labute approximate surface area is 190 Å². The molecule has 0 saturated heterocycles. The second-order valence-corrected chi connectivity index (χ2v) is 6.77. The number of nitrogens with one attached hydrogen (secondary N) is 2. The molecule has 0 bridgehead atoms. The van der Waals surface area contributed by atoms with Gasteiger partial charge >= 0.3 is 0 Å². The molecule has 0 aromatic heterocycles. The molecule has 8 nitrogen and oxygen atoms in total. The lowest BCUT2D eigenvalue weighted by atomic mass is 10.1. The summed E-state index contributed by atoms with van der Waals surface area (Å²) in [7, 11) is 6.58. The molecule has 2 N–H and O–H groups in total. The van der Waals surface area contributed by atoms with Gasteiger partial charge in [0.25, 0.3) is 0 Å². The van der Waals surface area contributed by atoms with E-state index < -0.39 is 0 Å². The Bertz CT molecular complexity index is 886. The minimum Gasteiger partial charge on any atom is -0.496 e. The number of guanidine groups is 1. The van der Waals surface area contributed by atoms with Crippen molar-refractivity contribution in [1.29, 1.82) is 0 Å². The number of nitrogens with zero attached hydrogens (tertiary/aromatic N) is 1. The highest BCUT2D eigenvalue weighted by atomic mass is 16.5. The lowest BCUT2D eigenvalue weighted by Crippen LogP contribution is -2.37. The van der Waals surface area contributed by atoms with Crippen LogP contribution in [0, 0.1) is 0 Å². The van der Waals surface area contributed by atoms with Gasteiger partial charge in [-0.15, -0.1) is 0 Å². The molecule has 0 fully saturated rings. The van der Waals surface area contributed by atoms with E-state index in [0.29, 0.717) is 49.5 Å². The minimum absolute atomic E-state index is 0.515. The molecule has 0 aliphatic carbocycles. The monoisotopic (exact) mass is 445 g/mol. The summed E-state index contributed by atoms with van der Waals surface area (Å²) in [5.41, 5.74) is 2.09. The molecule has 0 aliphatic rings. The summed E-state index contributed by atoms with van der Waals surface area (Å²) in [5.74, 6) is 4.22. The molecule has 0 radical (unpaired) electrons. The number of aliphatic imine (C=N–C) groups is 1. The van der Waals surface area contributed by atoms with Crippen LogP contribution in [0.3, 0.4) is 0 Å². The Hall–Kier alpha value is -3.29. The van der Waals surface area contributed by atoms with Gasteiger partial charge in [-0.25, -0.2) is 0 Å². The summed E-state index contributed by atoms with van der Waals surface area (Å²) in [5, 5.41) is 6.65. The predicted molar refractivity (Wildman–Crippen MR) is 127 cm³/mol. The van der Waals surface area contributed by atoms with Crippen LogP contribution in [0.5, 0.6) is 28.7 Å². The Morgan fingerprint density at radius 2 is 1.44 bits per heavy atom. The third-order valence-electron chi connectivity index (χ3n) is 4.77. The predicted octanol–water partition coefficient (Wildman–Crippen LogP) is 3.42. The summed E-state index contributed by atoms with van der Waals surface area (Å²) >= 11 is 0. The Morgan fingerprint density at radius 1 is 0.781 bits per heavy atom. The number of benzene rings is 2. The molecule has 0 unspecified atom stereocenters. The van der Waals surface area contributed by atoms with Crippen molar-refractivity contribution < 1.29 is 23.7 Å². The van der Waals surface area contributed by atoms with Crippen molar-refractivity contribution in [2.75, 3.05) is 48.1 Å². The molecule has 0 spiro atoms. The molecular weight excluding hydrogens is 410 g/mol. The van der Waals surface area contributed by atoms with Crippen LogP contribution in [0.1, 0.15) is 25.0 Å². The van der Waals surface area contributed by atoms with Gasteiger partial charge in [0.2, 0.25) is 0 Å². The second kappa shape index (κ2) is 13.2. The molecule has 2 aromatic rings. The summed E-state index contributed by atoms with van der Waals surface area (Å²) in [6, 6.07) is 9.75. The van der Waals surface area contributed by atoms with Crippen molar-refractivity contribution in [3.8, 4) is 28.7 Å². The normalized spacial score (nSPS) is 11.0. The summed E-state index contributed by atoms with van der Waals surface area (Å²) < 4.78 is 27.6. The van der Waals surface area contributed by atoms with E-state index in [2.05, 4.69) is 21.7 Å². The molecule has 2 rings (SSSR count). The maximum atomic E-state index is 5.71. The summed E-state index contributed by atoms with van der Waals surface area (Å²) in [4.78, 5) is 4.30. The largest absolute Gasteiger partial charge is 0.496 e. The SMILES string of the molecule is CCOc1ccc(CCNC(=NC)NCc2cc(OC)c(OC)cc2OC)cc1OCC. The fourth-order valence-electron chi connectivity index (χ4n) is 3.21. The fourth-order valence-corrected chi connectivity index (χ4v) is 3.21. The molecule has 0 heterocycles. The zero-order chi connectivity index (χ0) is 23.3. The van der Waals surface area contributed by atoms with Gasteiger partial charge in [-0.1, -0.05) is 6.07 Å². The van der Waals surface area contributed by atoms with E-state index in [1.807, 2.05) is 38.1 Å². The van der Waals surface area contributed by atoms with Crippen molar-refractivity contribution in [3.63, 3.8) is 0 Å². The van der Waals surface area contributed by atoms with Crippen molar-refractivity contribution in [1.82, 2.24) is 10.6 Å². The number of hydrogen-bond donors (Lipinski definition) is 2. The van der Waals surface area contributed by atoms with E-state index in [0.717, 1.165) is 29.0 Å². The molecule has 0 aliphatic heterocycles. The first-order valence-corrected chi connectivity index (χ1v) is 10.7. The lowest BCUT2D eigenvalue weighted by Gasteiger charge is -2.16. The van der Waals surface area contributed by atoms with Crippen LogP contribution in [-0.2, 0) is 13.0 Å². The zero-order valence-electron chi connectivity index (χ0n) is 19.9. The van der Waals surface area contributed by atoms with Crippen LogP contribution in [0.2, 0.25) is 0 Å². The molecular formula is C24H35N3O5. The highest BCUT2D eigenvalue weighted by molar-refractivity contribution is 5.79. The van der Waals surface area contributed by atoms with Gasteiger partial charge in [0.1, 0.15) is 5.75 Å². The van der Waals surface area contributed by atoms with Crippen LogP contribution < -0.4 is 34.3 Å². The Balaban J connectivity index is 1.96. The Kier molecular flexibility index (Phi) is 10.3. The van der Waals surface area contributed by atoms with Crippen molar-refractivity contribution in [3.05, 3.63) is 41.5 Å². The summed E-state index contributed by atoms with van der Waals surface area (Å²) in [6.07, 6.45) is 0.812. The molecule has 0 saturated carbocycles. The third kappa shape index (κ3) is 6.87. The van der Waals surface area contributed by atoms with E-state index in [1.165, 1.54) is 0 Å². The molecule has 2 aromatic carbocycles. The number of hydrogen-bond acceptors (Lipinski definition) is 6. The van der Waals surface area contributed by atoms with Crippen LogP contribution >= 0.6 is 0 Å². The maximum absolute atomic E-state index is 5.71. The van der Waals surface area contributed by atoms with Crippen LogP contribution in [0.25, 0.3) is 0 Å². The highest BCUT2D eigenvalue weighted by Gasteiger charge is 2.12. The van der Waals surface area contributed by atoms with E-state index in [4.69, 9.17) is 23.7 Å². The number of rotatable bonds is 12. The topological polar surface area (TPSA) is 82.6 Å². The van der Waals surface area contributed by atoms with Gasteiger partial charge in [-0.3, -0.25) is 4.99 Å². The zero-order valence-corrected chi connectivity index (χ0v) is 19.9. The van der Waals surface area contributed by atoms with Crippen LogP contribution in [-0.4, -0.2) is 54.1 Å². The van der Waals surface area contributed by atoms with Gasteiger partial charge in [0.15, 0.2) is 29.0 Å². The van der Waals surface area contributed by atoms with Crippen molar-refractivity contribution >= 4 is 5.96 Å². The second-order valence-electron chi connectivity index (χ2n) is 6.77. The van der Waals surface area contributed by atoms with Crippen LogP contribution in [0.4, 0.5) is 0 Å². The minimum atomic E-state index is 0.515. The highest BCUT2D eigenvalue weighted by Crippen LogP contribution is 2.34. The van der Waals surface area contributed by atoms with Gasteiger partial charge < -0.3 is 34.3 Å². The Morgan fingerprint density at radius 3 is 2.06 bits per heavy atom. The lowest BCUT2D eigenvalue weighted by molar-refractivity contribution is 0.287. The first kappa shape index (κ1) is 25.0.